The van der Waals surface area contributed by atoms with Crippen molar-refractivity contribution in [1.82, 2.24) is 4.57 Å². The highest BCUT2D eigenvalue weighted by molar-refractivity contribution is 9.10. The Balaban J connectivity index is 2.51. The van der Waals surface area contributed by atoms with Gasteiger partial charge in [0, 0.05) is 16.7 Å². The predicted molar refractivity (Wildman–Crippen MR) is 75.6 cm³/mol. The van der Waals surface area contributed by atoms with Crippen molar-refractivity contribution in [2.24, 2.45) is 0 Å². The average Bonchev–Trinajstić information content (AvgIpc) is 2.33. The number of rotatable bonds is 3. The lowest BCUT2D eigenvalue weighted by atomic mass is 10.2. The van der Waals surface area contributed by atoms with E-state index in [1.54, 1.807) is 22.9 Å². The Bertz CT molecular complexity index is 619. The Morgan fingerprint density at radius 1 is 1.28 bits per heavy atom. The van der Waals surface area contributed by atoms with Gasteiger partial charge < -0.3 is 4.74 Å². The first kappa shape index (κ1) is 12.9. The summed E-state index contributed by atoms with van der Waals surface area (Å²) in [6.45, 7) is 4.54. The zero-order valence-electron chi connectivity index (χ0n) is 10.3. The predicted octanol–water partition coefficient (Wildman–Crippen LogP) is 3.31. The lowest BCUT2D eigenvalue weighted by Gasteiger charge is -2.11. The molecule has 0 aliphatic carbocycles. The number of aryl methyl sites for hydroxylation is 1. The molecule has 1 aromatic heterocycles. The maximum atomic E-state index is 11.8. The van der Waals surface area contributed by atoms with E-state index >= 15 is 0 Å². The third-order valence-electron chi connectivity index (χ3n) is 2.61. The topological polar surface area (TPSA) is 31.2 Å². The van der Waals surface area contributed by atoms with Crippen molar-refractivity contribution < 1.29 is 4.74 Å². The molecular formula is C14H14BrNO2. The van der Waals surface area contributed by atoms with Gasteiger partial charge >= 0.3 is 0 Å². The number of ether oxygens (including phenoxy) is 1. The van der Waals surface area contributed by atoms with E-state index in [-0.39, 0.29) is 5.56 Å². The fourth-order valence-corrected chi connectivity index (χ4v) is 2.14. The highest BCUT2D eigenvalue weighted by atomic mass is 79.9. The van der Waals surface area contributed by atoms with E-state index in [1.807, 2.05) is 32.0 Å². The van der Waals surface area contributed by atoms with Crippen LogP contribution in [0.5, 0.6) is 5.75 Å². The highest BCUT2D eigenvalue weighted by Crippen LogP contribution is 2.20. The first-order chi connectivity index (χ1) is 8.61. The summed E-state index contributed by atoms with van der Waals surface area (Å²) in [5.41, 5.74) is 1.82. The molecule has 2 aromatic rings. The molecule has 0 saturated heterocycles. The third kappa shape index (κ3) is 2.64. The van der Waals surface area contributed by atoms with Crippen LogP contribution < -0.4 is 10.3 Å². The van der Waals surface area contributed by atoms with Crippen molar-refractivity contribution in [2.75, 3.05) is 6.61 Å². The van der Waals surface area contributed by atoms with Crippen molar-refractivity contribution in [3.05, 3.63) is 56.9 Å². The Kier molecular flexibility index (Phi) is 3.87. The molecular weight excluding hydrogens is 294 g/mol. The molecule has 0 amide bonds. The zero-order valence-corrected chi connectivity index (χ0v) is 11.9. The van der Waals surface area contributed by atoms with E-state index < -0.39 is 0 Å². The maximum absolute atomic E-state index is 11.8. The molecule has 0 aliphatic heterocycles. The Labute approximate surface area is 114 Å². The number of aromatic nitrogens is 1. The van der Waals surface area contributed by atoms with Crippen LogP contribution in [-0.2, 0) is 0 Å². The Hall–Kier alpha value is -1.55. The van der Waals surface area contributed by atoms with Crippen molar-refractivity contribution in [2.45, 2.75) is 13.8 Å². The minimum absolute atomic E-state index is 0.0505. The summed E-state index contributed by atoms with van der Waals surface area (Å²) in [5, 5.41) is 0. The molecule has 1 heterocycles. The van der Waals surface area contributed by atoms with Crippen molar-refractivity contribution >= 4 is 15.9 Å². The number of halogens is 1. The van der Waals surface area contributed by atoms with Crippen LogP contribution in [0.3, 0.4) is 0 Å². The summed E-state index contributed by atoms with van der Waals surface area (Å²) in [6.07, 6.45) is 1.77. The van der Waals surface area contributed by atoms with Crippen LogP contribution in [0.25, 0.3) is 5.69 Å². The average molecular weight is 308 g/mol. The van der Waals surface area contributed by atoms with Gasteiger partial charge in [0.15, 0.2) is 0 Å². The fourth-order valence-electron chi connectivity index (χ4n) is 1.80. The Morgan fingerprint density at radius 3 is 2.72 bits per heavy atom. The molecule has 0 radical (unpaired) electrons. The minimum Gasteiger partial charge on any atom is -0.494 e. The molecule has 1 aromatic carbocycles. The van der Waals surface area contributed by atoms with Gasteiger partial charge in [-0.15, -0.1) is 0 Å². The molecule has 0 aliphatic rings. The van der Waals surface area contributed by atoms with Gasteiger partial charge in [-0.3, -0.25) is 9.36 Å². The molecule has 0 spiro atoms. The van der Waals surface area contributed by atoms with Crippen molar-refractivity contribution in [3.63, 3.8) is 0 Å². The molecule has 0 unspecified atom stereocenters. The summed E-state index contributed by atoms with van der Waals surface area (Å²) in [4.78, 5) is 11.8. The maximum Gasteiger partial charge on any atom is 0.255 e. The third-order valence-corrected chi connectivity index (χ3v) is 3.08. The van der Waals surface area contributed by atoms with E-state index in [4.69, 9.17) is 4.74 Å². The molecule has 4 heteroatoms. The molecule has 0 bridgehead atoms. The van der Waals surface area contributed by atoms with Gasteiger partial charge in [0.25, 0.3) is 5.56 Å². The quantitative estimate of drug-likeness (QED) is 0.871. The normalized spacial score (nSPS) is 10.4. The number of hydrogen-bond donors (Lipinski definition) is 0. The molecule has 0 fully saturated rings. The molecule has 3 nitrogen and oxygen atoms in total. The van der Waals surface area contributed by atoms with E-state index in [0.29, 0.717) is 6.61 Å². The zero-order chi connectivity index (χ0) is 13.1. The summed E-state index contributed by atoms with van der Waals surface area (Å²) >= 11 is 3.37. The molecule has 94 valence electrons. The van der Waals surface area contributed by atoms with Crippen molar-refractivity contribution in [3.8, 4) is 11.4 Å². The van der Waals surface area contributed by atoms with E-state index in [0.717, 1.165) is 21.5 Å². The lowest BCUT2D eigenvalue weighted by molar-refractivity contribution is 0.340. The van der Waals surface area contributed by atoms with Gasteiger partial charge in [-0.1, -0.05) is 0 Å². The molecule has 2 rings (SSSR count). The number of nitrogens with zero attached hydrogens (tertiary/aromatic N) is 1. The second-order valence-electron chi connectivity index (χ2n) is 3.94. The first-order valence-corrected chi connectivity index (χ1v) is 6.53. The summed E-state index contributed by atoms with van der Waals surface area (Å²) in [6, 6.07) is 8.99. The van der Waals surface area contributed by atoms with Crippen LogP contribution in [0.2, 0.25) is 0 Å². The van der Waals surface area contributed by atoms with Gasteiger partial charge in [0.1, 0.15) is 5.75 Å². The first-order valence-electron chi connectivity index (χ1n) is 5.74. The van der Waals surface area contributed by atoms with E-state index in [2.05, 4.69) is 15.9 Å². The largest absolute Gasteiger partial charge is 0.494 e. The van der Waals surface area contributed by atoms with Gasteiger partial charge in [0.05, 0.1) is 12.3 Å². The Morgan fingerprint density at radius 2 is 2.06 bits per heavy atom. The second kappa shape index (κ2) is 5.40. The van der Waals surface area contributed by atoms with Crippen LogP contribution in [-0.4, -0.2) is 11.2 Å². The minimum atomic E-state index is -0.0505. The van der Waals surface area contributed by atoms with Gasteiger partial charge in [-0.2, -0.15) is 0 Å². The summed E-state index contributed by atoms with van der Waals surface area (Å²) in [5.74, 6) is 0.821. The van der Waals surface area contributed by atoms with Gasteiger partial charge in [-0.05, 0) is 59.6 Å². The van der Waals surface area contributed by atoms with Crippen molar-refractivity contribution in [1.29, 1.82) is 0 Å². The van der Waals surface area contributed by atoms with Gasteiger partial charge in [-0.25, -0.2) is 0 Å². The SMILES string of the molecule is CCOc1ccc(-n2cc(Br)ccc2=O)c(C)c1. The lowest BCUT2D eigenvalue weighted by Crippen LogP contribution is -2.17. The molecule has 0 N–H and O–H groups in total. The van der Waals surface area contributed by atoms with E-state index in [9.17, 15) is 4.79 Å². The van der Waals surface area contributed by atoms with E-state index in [1.165, 1.54) is 0 Å². The van der Waals surface area contributed by atoms with Crippen LogP contribution in [0.1, 0.15) is 12.5 Å². The second-order valence-corrected chi connectivity index (χ2v) is 4.85. The molecule has 18 heavy (non-hydrogen) atoms. The number of pyridine rings is 1. The van der Waals surface area contributed by atoms with Gasteiger partial charge in [0.2, 0.25) is 0 Å². The van der Waals surface area contributed by atoms with Crippen LogP contribution >= 0.6 is 15.9 Å². The molecule has 0 saturated carbocycles. The summed E-state index contributed by atoms with van der Waals surface area (Å²) < 4.78 is 7.93. The standard InChI is InChI=1S/C14H14BrNO2/c1-3-18-12-5-6-13(10(2)8-12)16-9-11(15)4-7-14(16)17/h4-9H,3H2,1-2H3. The van der Waals surface area contributed by atoms with Crippen LogP contribution in [0, 0.1) is 6.92 Å². The monoisotopic (exact) mass is 307 g/mol. The van der Waals surface area contributed by atoms with Crippen LogP contribution in [0.4, 0.5) is 0 Å². The number of hydrogen-bond acceptors (Lipinski definition) is 2. The number of benzene rings is 1. The highest BCUT2D eigenvalue weighted by Gasteiger charge is 2.05. The fraction of sp³-hybridized carbons (Fsp3) is 0.214. The smallest absolute Gasteiger partial charge is 0.255 e. The summed E-state index contributed by atoms with van der Waals surface area (Å²) in [7, 11) is 0. The molecule has 0 atom stereocenters. The van der Waals surface area contributed by atoms with Crippen LogP contribution in [0.15, 0.2) is 45.8 Å².